The van der Waals surface area contributed by atoms with E-state index in [0.717, 1.165) is 0 Å². The molecule has 0 amide bonds. The fraction of sp³-hybridized carbons (Fsp3) is 0. The molecule has 0 heterocycles. The van der Waals surface area contributed by atoms with Gasteiger partial charge in [-0.3, -0.25) is 0 Å². The summed E-state index contributed by atoms with van der Waals surface area (Å²) in [5, 5.41) is 31.0. The van der Waals surface area contributed by atoms with Crippen molar-refractivity contribution in [2.45, 2.75) is 0 Å². The Hall–Kier alpha value is 0.460. The summed E-state index contributed by atoms with van der Waals surface area (Å²) in [5.74, 6) is 0. The second-order valence-electron chi connectivity index (χ2n) is 0.615. The summed E-state index contributed by atoms with van der Waals surface area (Å²) in [6.45, 7) is 0. The molecule has 0 aromatic carbocycles. The number of hydrogen-bond acceptors (Lipinski definition) is 6. The van der Waals surface area contributed by atoms with Crippen LogP contribution in [0.15, 0.2) is 0 Å². The van der Waals surface area contributed by atoms with E-state index in [9.17, 15) is 0 Å². The predicted octanol–water partition coefficient (Wildman–Crippen LogP) is -7.99. The molecule has 0 aliphatic rings. The van der Waals surface area contributed by atoms with E-state index in [1.54, 1.807) is 0 Å². The number of hydrogen-bond donors (Lipinski definition) is 3. The molecule has 0 fully saturated rings. The summed E-state index contributed by atoms with van der Waals surface area (Å²) in [6.07, 6.45) is -3.88. The smallest absolute Gasteiger partial charge is 0.659 e. The van der Waals surface area contributed by atoms with Crippen LogP contribution in [0.25, 0.3) is 0 Å². The van der Waals surface area contributed by atoms with Gasteiger partial charge in [0, 0.05) is 0 Å². The molecule has 0 unspecified atom stereocenters. The minimum atomic E-state index is -2.08. The van der Waals surface area contributed by atoms with E-state index >= 15 is 0 Å². The van der Waals surface area contributed by atoms with E-state index < -0.39 is 12.3 Å². The molecule has 0 rings (SSSR count). The van der Waals surface area contributed by atoms with E-state index in [-0.39, 0.29) is 65.3 Å². The van der Waals surface area contributed by atoms with Gasteiger partial charge < -0.3 is 36.4 Å². The number of rotatable bonds is 0. The largest absolute Gasteiger partial charge is 1.00 e. The van der Waals surface area contributed by atoms with Crippen LogP contribution in [-0.2, 0) is 4.89 Å². The maximum absolute atomic E-state index is 8.83. The van der Waals surface area contributed by atoms with E-state index in [1.807, 2.05) is 0 Å². The molecule has 0 saturated heterocycles. The van der Waals surface area contributed by atoms with E-state index in [0.29, 0.717) is 0 Å². The zero-order chi connectivity index (χ0) is 7.86. The third-order valence-corrected chi connectivity index (χ3v) is 0.0713. The van der Waals surface area contributed by atoms with Gasteiger partial charge in [0.2, 0.25) is 6.16 Å². The van der Waals surface area contributed by atoms with Crippen molar-refractivity contribution in [3.63, 3.8) is 0 Å². The summed E-state index contributed by atoms with van der Waals surface area (Å²) in [5.41, 5.74) is 0. The van der Waals surface area contributed by atoms with Gasteiger partial charge in [-0.15, -0.1) is 0 Å². The molecule has 12 heavy (non-hydrogen) atoms. The van der Waals surface area contributed by atoms with Gasteiger partial charge in [-0.25, -0.2) is 4.79 Å². The van der Waals surface area contributed by atoms with Crippen molar-refractivity contribution in [3.05, 3.63) is 0 Å². The monoisotopic (exact) mass is 201 g/mol. The number of carboxylic acid groups (broad SMARTS) is 3. The normalized spacial score (nSPS) is 4.75. The molecule has 0 saturated carbocycles. The van der Waals surface area contributed by atoms with Gasteiger partial charge >= 0.3 is 65.3 Å². The van der Waals surface area contributed by atoms with Crippen LogP contribution in [-0.4, -0.2) is 22.5 Å². The Bertz CT molecular complexity index is 104. The Morgan fingerprint density at radius 2 is 1.25 bits per heavy atom. The molecule has 0 aliphatic heterocycles. The second kappa shape index (κ2) is 22.5. The van der Waals surface area contributed by atoms with Crippen LogP contribution in [0.2, 0.25) is 0 Å². The molecular weight excluding hydrogens is 196 g/mol. The third-order valence-electron chi connectivity index (χ3n) is 0.0713. The minimum absolute atomic E-state index is 0. The Balaban J connectivity index is -0.0000000221. The van der Waals surface area contributed by atoms with Crippen molar-refractivity contribution in [3.8, 4) is 0 Å². The maximum atomic E-state index is 8.83. The first kappa shape index (κ1) is 29.4. The molecule has 0 bridgehead atoms. The number of carbonyl (C=O) groups is 2. The molecule has 8 nitrogen and oxygen atoms in total. The van der Waals surface area contributed by atoms with Crippen LogP contribution < -0.4 is 75.6 Å². The molecule has 0 atom stereocenters. The summed E-state index contributed by atoms with van der Waals surface area (Å²) in [4.78, 5) is 19.7. The van der Waals surface area contributed by atoms with Gasteiger partial charge in [0.1, 0.15) is 0 Å². The molecule has 0 aromatic rings. The average molecular weight is 201 g/mol. The van der Waals surface area contributed by atoms with Crippen LogP contribution in [0.4, 0.5) is 9.59 Å². The SMILES string of the molecule is N.O=C(O)O[O-].O=C([O-])O.[Na+].[Na+]. The third kappa shape index (κ3) is 155. The minimum Gasteiger partial charge on any atom is -0.659 e. The van der Waals surface area contributed by atoms with Crippen molar-refractivity contribution in [2.24, 2.45) is 0 Å². The van der Waals surface area contributed by atoms with Crippen molar-refractivity contribution >= 4 is 12.3 Å². The van der Waals surface area contributed by atoms with Gasteiger partial charge in [0.05, 0.1) is 0 Å². The first-order valence-electron chi connectivity index (χ1n) is 1.43. The van der Waals surface area contributed by atoms with Crippen LogP contribution in [0.3, 0.4) is 0 Å². The molecule has 5 N–H and O–H groups in total. The standard InChI is InChI=1S/CH2O4.CH2O3.H3N.2Na/c2-1(3)5-4;2-1(3)4;;;/h4H,(H,2,3);(H2,2,3,4);1H3;;/q;;;2*+1/p-2. The first-order valence-corrected chi connectivity index (χ1v) is 1.43. The fourth-order valence-electron chi connectivity index (χ4n) is 0. The van der Waals surface area contributed by atoms with Crippen molar-refractivity contribution in [1.29, 1.82) is 0 Å². The molecule has 10 heteroatoms. The molecule has 62 valence electrons. The maximum Gasteiger partial charge on any atom is 1.00 e. The Labute approximate surface area is 112 Å². The first-order chi connectivity index (χ1) is 4.00. The second-order valence-corrected chi connectivity index (χ2v) is 0.615. The fourth-order valence-corrected chi connectivity index (χ4v) is 0. The van der Waals surface area contributed by atoms with Gasteiger partial charge in [0.15, 0.2) is 0 Å². The summed E-state index contributed by atoms with van der Waals surface area (Å²) in [7, 11) is 0. The molecule has 0 radical (unpaired) electrons. The molecular formula is C2H5NNa2O7. The van der Waals surface area contributed by atoms with Crippen LogP contribution in [0.1, 0.15) is 0 Å². The Morgan fingerprint density at radius 3 is 1.25 bits per heavy atom. The summed E-state index contributed by atoms with van der Waals surface area (Å²) >= 11 is 0. The van der Waals surface area contributed by atoms with Crippen molar-refractivity contribution in [2.75, 3.05) is 0 Å². The van der Waals surface area contributed by atoms with Gasteiger partial charge in [-0.1, -0.05) is 0 Å². The van der Waals surface area contributed by atoms with Crippen LogP contribution >= 0.6 is 0 Å². The van der Waals surface area contributed by atoms with Crippen LogP contribution in [0, 0.1) is 0 Å². The van der Waals surface area contributed by atoms with Gasteiger partial charge in [-0.2, -0.15) is 0 Å². The predicted molar refractivity (Wildman–Crippen MR) is 22.2 cm³/mol. The Kier molecular flexibility index (Phi) is 55.2. The topological polar surface area (TPSA) is 165 Å². The quantitative estimate of drug-likeness (QED) is 0.197. The van der Waals surface area contributed by atoms with E-state index in [4.69, 9.17) is 30.2 Å². The van der Waals surface area contributed by atoms with Crippen LogP contribution in [0.5, 0.6) is 0 Å². The van der Waals surface area contributed by atoms with Gasteiger partial charge in [-0.05, 0) is 0 Å². The molecule has 0 aliphatic carbocycles. The van der Waals surface area contributed by atoms with Gasteiger partial charge in [0.25, 0.3) is 0 Å². The Morgan fingerprint density at radius 1 is 1.17 bits per heavy atom. The average Bonchev–Trinajstić information content (AvgIpc) is 1.65. The summed E-state index contributed by atoms with van der Waals surface area (Å²) < 4.78 is 0. The van der Waals surface area contributed by atoms with E-state index in [2.05, 4.69) is 4.89 Å². The van der Waals surface area contributed by atoms with Crippen molar-refractivity contribution in [1.82, 2.24) is 6.15 Å². The zero-order valence-corrected chi connectivity index (χ0v) is 10.6. The molecule has 0 aromatic heterocycles. The summed E-state index contributed by atoms with van der Waals surface area (Å²) in [6, 6.07) is 0. The van der Waals surface area contributed by atoms with Crippen molar-refractivity contribution < 1.29 is 94.2 Å². The molecule has 0 spiro atoms. The zero-order valence-electron chi connectivity index (χ0n) is 6.64. The van der Waals surface area contributed by atoms with E-state index in [1.165, 1.54) is 0 Å².